The molecular formula is C15H19N3O2. The van der Waals surface area contributed by atoms with Gasteiger partial charge in [-0.15, -0.1) is 10.2 Å². The van der Waals surface area contributed by atoms with Crippen LogP contribution in [0, 0.1) is 0 Å². The van der Waals surface area contributed by atoms with Crippen LogP contribution in [0.15, 0.2) is 28.7 Å². The van der Waals surface area contributed by atoms with Crippen LogP contribution in [-0.2, 0) is 6.54 Å². The maximum atomic E-state index is 5.67. The van der Waals surface area contributed by atoms with E-state index in [1.165, 1.54) is 12.8 Å². The highest BCUT2D eigenvalue weighted by atomic mass is 16.5. The summed E-state index contributed by atoms with van der Waals surface area (Å²) in [4.78, 5) is 0. The number of nitrogens with one attached hydrogen (secondary N) is 1. The van der Waals surface area contributed by atoms with Crippen LogP contribution in [0.3, 0.4) is 0 Å². The lowest BCUT2D eigenvalue weighted by Gasteiger charge is -2.04. The lowest BCUT2D eigenvalue weighted by Crippen LogP contribution is -2.15. The van der Waals surface area contributed by atoms with Gasteiger partial charge in [0.15, 0.2) is 0 Å². The molecule has 5 heteroatoms. The van der Waals surface area contributed by atoms with Gasteiger partial charge in [-0.3, -0.25) is 0 Å². The van der Waals surface area contributed by atoms with Gasteiger partial charge in [0.1, 0.15) is 5.75 Å². The molecule has 2 aromatic rings. The molecule has 1 saturated carbocycles. The van der Waals surface area contributed by atoms with Gasteiger partial charge in [-0.05, 0) is 37.5 Å². The Labute approximate surface area is 118 Å². The van der Waals surface area contributed by atoms with Crippen LogP contribution in [0.25, 0.3) is 11.5 Å². The second-order valence-corrected chi connectivity index (χ2v) is 5.03. The van der Waals surface area contributed by atoms with E-state index in [4.69, 9.17) is 9.15 Å². The van der Waals surface area contributed by atoms with E-state index in [1.54, 1.807) is 0 Å². The molecule has 5 nitrogen and oxygen atoms in total. The van der Waals surface area contributed by atoms with Crippen molar-refractivity contribution in [2.45, 2.75) is 38.8 Å². The first-order chi connectivity index (χ1) is 9.85. The minimum absolute atomic E-state index is 0.541. The number of hydrogen-bond acceptors (Lipinski definition) is 5. The summed E-state index contributed by atoms with van der Waals surface area (Å²) in [6, 6.07) is 8.39. The Morgan fingerprint density at radius 1 is 1.35 bits per heavy atom. The summed E-state index contributed by atoms with van der Waals surface area (Å²) in [6.45, 7) is 3.44. The van der Waals surface area contributed by atoms with E-state index in [2.05, 4.69) is 22.4 Å². The lowest BCUT2D eigenvalue weighted by molar-refractivity contribution is 0.317. The van der Waals surface area contributed by atoms with Crippen molar-refractivity contribution < 1.29 is 9.15 Å². The third-order valence-corrected chi connectivity index (χ3v) is 3.14. The van der Waals surface area contributed by atoms with Crippen LogP contribution < -0.4 is 10.1 Å². The first-order valence-corrected chi connectivity index (χ1v) is 7.14. The van der Waals surface area contributed by atoms with Gasteiger partial charge in [0, 0.05) is 11.6 Å². The summed E-state index contributed by atoms with van der Waals surface area (Å²) in [6.07, 6.45) is 3.48. The van der Waals surface area contributed by atoms with Crippen LogP contribution in [0.4, 0.5) is 0 Å². The summed E-state index contributed by atoms with van der Waals surface area (Å²) < 4.78 is 11.3. The highest BCUT2D eigenvalue weighted by molar-refractivity contribution is 5.55. The maximum Gasteiger partial charge on any atom is 0.247 e. The second kappa shape index (κ2) is 6.05. The standard InChI is InChI=1S/C15H19N3O2/c1-2-8-19-13-5-3-4-11(9-13)15-18-17-14(20-15)10-16-12-6-7-12/h3-5,9,12,16H,2,6-8,10H2,1H3. The molecule has 1 heterocycles. The fourth-order valence-corrected chi connectivity index (χ4v) is 1.90. The van der Waals surface area contributed by atoms with E-state index >= 15 is 0 Å². The number of rotatable bonds is 7. The summed E-state index contributed by atoms with van der Waals surface area (Å²) in [7, 11) is 0. The third-order valence-electron chi connectivity index (χ3n) is 3.14. The van der Waals surface area contributed by atoms with E-state index in [0.29, 0.717) is 31.0 Å². The van der Waals surface area contributed by atoms with Crippen LogP contribution >= 0.6 is 0 Å². The highest BCUT2D eigenvalue weighted by Gasteiger charge is 2.21. The van der Waals surface area contributed by atoms with Gasteiger partial charge in [-0.1, -0.05) is 13.0 Å². The number of aromatic nitrogens is 2. The van der Waals surface area contributed by atoms with Gasteiger partial charge in [0.2, 0.25) is 11.8 Å². The van der Waals surface area contributed by atoms with Crippen LogP contribution in [0.5, 0.6) is 5.75 Å². The van der Waals surface area contributed by atoms with E-state index in [0.717, 1.165) is 17.7 Å². The molecule has 0 radical (unpaired) electrons. The summed E-state index contributed by atoms with van der Waals surface area (Å²) in [5, 5.41) is 11.5. The minimum atomic E-state index is 0.541. The zero-order valence-corrected chi connectivity index (χ0v) is 11.6. The number of ether oxygens (including phenoxy) is 1. The summed E-state index contributed by atoms with van der Waals surface area (Å²) in [5.74, 6) is 2.01. The second-order valence-electron chi connectivity index (χ2n) is 5.03. The van der Waals surface area contributed by atoms with Crippen molar-refractivity contribution in [1.82, 2.24) is 15.5 Å². The predicted molar refractivity (Wildman–Crippen MR) is 75.4 cm³/mol. The molecule has 3 rings (SSSR count). The number of benzene rings is 1. The molecule has 0 amide bonds. The van der Waals surface area contributed by atoms with Crippen LogP contribution in [-0.4, -0.2) is 22.8 Å². The van der Waals surface area contributed by atoms with Gasteiger partial charge in [-0.25, -0.2) is 0 Å². The Hall–Kier alpha value is -1.88. The molecule has 0 unspecified atom stereocenters. The third kappa shape index (κ3) is 3.36. The first kappa shape index (κ1) is 13.1. The molecule has 0 bridgehead atoms. The maximum absolute atomic E-state index is 5.67. The van der Waals surface area contributed by atoms with Gasteiger partial charge < -0.3 is 14.5 Å². The van der Waals surface area contributed by atoms with Crippen molar-refractivity contribution in [2.24, 2.45) is 0 Å². The molecule has 1 aromatic carbocycles. The monoisotopic (exact) mass is 273 g/mol. The fraction of sp³-hybridized carbons (Fsp3) is 0.467. The Kier molecular flexibility index (Phi) is 3.97. The quantitative estimate of drug-likeness (QED) is 0.840. The van der Waals surface area contributed by atoms with E-state index in [9.17, 15) is 0 Å². The van der Waals surface area contributed by atoms with Crippen LogP contribution in [0.2, 0.25) is 0 Å². The van der Waals surface area contributed by atoms with Crippen LogP contribution in [0.1, 0.15) is 32.1 Å². The van der Waals surface area contributed by atoms with Crippen molar-refractivity contribution in [3.63, 3.8) is 0 Å². The van der Waals surface area contributed by atoms with Crippen molar-refractivity contribution in [2.75, 3.05) is 6.61 Å². The SMILES string of the molecule is CCCOc1cccc(-c2nnc(CNC3CC3)o2)c1. The molecule has 0 atom stereocenters. The average molecular weight is 273 g/mol. The molecule has 0 saturated heterocycles. The lowest BCUT2D eigenvalue weighted by atomic mass is 10.2. The van der Waals surface area contributed by atoms with Crippen molar-refractivity contribution >= 4 is 0 Å². The zero-order valence-electron chi connectivity index (χ0n) is 11.6. The smallest absolute Gasteiger partial charge is 0.247 e. The van der Waals surface area contributed by atoms with Crippen molar-refractivity contribution in [1.29, 1.82) is 0 Å². The molecule has 0 spiro atoms. The molecule has 106 valence electrons. The molecule has 1 aromatic heterocycles. The van der Waals surface area contributed by atoms with E-state index in [-0.39, 0.29) is 0 Å². The van der Waals surface area contributed by atoms with Gasteiger partial charge in [0.25, 0.3) is 0 Å². The molecule has 1 aliphatic rings. The molecule has 1 fully saturated rings. The highest BCUT2D eigenvalue weighted by Crippen LogP contribution is 2.23. The normalized spacial score (nSPS) is 14.4. The predicted octanol–water partition coefficient (Wildman–Crippen LogP) is 2.78. The first-order valence-electron chi connectivity index (χ1n) is 7.14. The Bertz CT molecular complexity index is 564. The zero-order chi connectivity index (χ0) is 13.8. The Balaban J connectivity index is 1.67. The molecule has 0 aliphatic heterocycles. The minimum Gasteiger partial charge on any atom is -0.494 e. The van der Waals surface area contributed by atoms with Gasteiger partial charge in [-0.2, -0.15) is 0 Å². The Morgan fingerprint density at radius 3 is 3.05 bits per heavy atom. The number of hydrogen-bond donors (Lipinski definition) is 1. The van der Waals surface area contributed by atoms with E-state index in [1.807, 2.05) is 24.3 Å². The molecular weight excluding hydrogens is 254 g/mol. The molecule has 1 aliphatic carbocycles. The van der Waals surface area contributed by atoms with Crippen molar-refractivity contribution in [3.05, 3.63) is 30.2 Å². The number of nitrogens with zero attached hydrogens (tertiary/aromatic N) is 2. The molecule has 1 N–H and O–H groups in total. The molecule has 20 heavy (non-hydrogen) atoms. The van der Waals surface area contributed by atoms with Gasteiger partial charge >= 0.3 is 0 Å². The fourth-order valence-electron chi connectivity index (χ4n) is 1.90. The summed E-state index contributed by atoms with van der Waals surface area (Å²) in [5.41, 5.74) is 0.892. The van der Waals surface area contributed by atoms with Gasteiger partial charge in [0.05, 0.1) is 13.2 Å². The van der Waals surface area contributed by atoms with E-state index < -0.39 is 0 Å². The average Bonchev–Trinajstić information content (AvgIpc) is 3.20. The largest absolute Gasteiger partial charge is 0.494 e. The Morgan fingerprint density at radius 2 is 2.25 bits per heavy atom. The van der Waals surface area contributed by atoms with Crippen molar-refractivity contribution in [3.8, 4) is 17.2 Å². The summed E-state index contributed by atoms with van der Waals surface area (Å²) >= 11 is 0. The topological polar surface area (TPSA) is 60.2 Å².